The summed E-state index contributed by atoms with van der Waals surface area (Å²) in [5.41, 5.74) is 1.34. The zero-order valence-electron chi connectivity index (χ0n) is 21.8. The topological polar surface area (TPSA) is 59.3 Å². The van der Waals surface area contributed by atoms with Crippen LogP contribution in [0, 0.1) is 11.8 Å². The molecule has 0 radical (unpaired) electrons. The van der Waals surface area contributed by atoms with Crippen molar-refractivity contribution in [2.45, 2.75) is 56.7 Å². The molecule has 1 unspecified atom stereocenters. The molecule has 216 valence electrons. The molecule has 12 heteroatoms. The van der Waals surface area contributed by atoms with Crippen LogP contribution in [-0.2, 0) is 24.9 Å². The lowest BCUT2D eigenvalue weighted by Crippen LogP contribution is -2.47. The number of halogens is 6. The third-order valence-electron chi connectivity index (χ3n) is 8.01. The van der Waals surface area contributed by atoms with Crippen LogP contribution in [0.25, 0.3) is 10.9 Å². The Labute approximate surface area is 226 Å². The van der Waals surface area contributed by atoms with Gasteiger partial charge in [0.2, 0.25) is 5.91 Å². The smallest absolute Gasteiger partial charge is 0.346 e. The highest BCUT2D eigenvalue weighted by molar-refractivity contribution is 5.85. The fourth-order valence-electron chi connectivity index (χ4n) is 5.67. The number of benzene rings is 1. The Morgan fingerprint density at radius 1 is 1.07 bits per heavy atom. The van der Waals surface area contributed by atoms with Crippen LogP contribution in [-0.4, -0.2) is 51.4 Å². The third kappa shape index (κ3) is 5.77. The number of fused-ring (bicyclic) bond motifs is 1. The standard InChI is InChI=1S/C28H30F6N4O2/c1-36-11-9-17(12-25(36)39)20-8-10-35-13-22(20)26(40)38(19-6-7-19)15-18-14-37(23-5-3-2-4-21(18)23)16-24(27(29,30)31)28(32,33)34/h2-5,9,11-12,14,19-20,22,24,35H,6-8,10,13,15-16H2,1H3/t20?,22-/m0/s1. The van der Waals surface area contributed by atoms with Gasteiger partial charge in [-0.05, 0) is 55.0 Å². The minimum atomic E-state index is -5.46. The highest BCUT2D eigenvalue weighted by Gasteiger charge is 2.56. The maximum atomic E-state index is 14.0. The molecule has 0 spiro atoms. The molecule has 0 bridgehead atoms. The van der Waals surface area contributed by atoms with Crippen molar-refractivity contribution in [3.05, 3.63) is 70.3 Å². The van der Waals surface area contributed by atoms with E-state index in [4.69, 9.17) is 0 Å². The van der Waals surface area contributed by atoms with Crippen molar-refractivity contribution in [3.63, 3.8) is 0 Å². The van der Waals surface area contributed by atoms with Gasteiger partial charge in [-0.15, -0.1) is 0 Å². The summed E-state index contributed by atoms with van der Waals surface area (Å²) >= 11 is 0. The molecule has 1 saturated heterocycles. The van der Waals surface area contributed by atoms with Gasteiger partial charge in [0.05, 0.1) is 5.92 Å². The second-order valence-corrected chi connectivity index (χ2v) is 10.8. The number of carbonyl (C=O) groups is 1. The number of carbonyl (C=O) groups excluding carboxylic acids is 1. The molecule has 1 aliphatic heterocycles. The molecule has 1 aliphatic carbocycles. The van der Waals surface area contributed by atoms with Crippen LogP contribution in [0.3, 0.4) is 0 Å². The fraction of sp³-hybridized carbons (Fsp3) is 0.500. The van der Waals surface area contributed by atoms with Crippen LogP contribution in [0.1, 0.15) is 36.3 Å². The van der Waals surface area contributed by atoms with Crippen LogP contribution in [0.15, 0.2) is 53.6 Å². The van der Waals surface area contributed by atoms with Gasteiger partial charge in [0, 0.05) is 62.1 Å². The van der Waals surface area contributed by atoms with Crippen molar-refractivity contribution in [2.24, 2.45) is 18.9 Å². The number of piperidine rings is 1. The highest BCUT2D eigenvalue weighted by Crippen LogP contribution is 2.42. The zero-order valence-corrected chi connectivity index (χ0v) is 21.8. The first-order valence-corrected chi connectivity index (χ1v) is 13.2. The van der Waals surface area contributed by atoms with E-state index >= 15 is 0 Å². The lowest BCUT2D eigenvalue weighted by Gasteiger charge is -2.35. The van der Waals surface area contributed by atoms with Crippen molar-refractivity contribution in [3.8, 4) is 0 Å². The minimum Gasteiger partial charge on any atom is -0.346 e. The number of rotatable bonds is 7. The number of aromatic nitrogens is 2. The zero-order chi connectivity index (χ0) is 28.8. The van der Waals surface area contributed by atoms with E-state index in [-0.39, 0.29) is 35.5 Å². The van der Waals surface area contributed by atoms with Gasteiger partial charge in [-0.3, -0.25) is 9.59 Å². The number of alkyl halides is 6. The first kappa shape index (κ1) is 28.3. The molecule has 3 aromatic rings. The van der Waals surface area contributed by atoms with E-state index in [1.165, 1.54) is 16.8 Å². The molecule has 2 aromatic heterocycles. The largest absolute Gasteiger partial charge is 0.402 e. The number of nitrogens with zero attached hydrogens (tertiary/aromatic N) is 3. The van der Waals surface area contributed by atoms with Crippen LogP contribution in [0.4, 0.5) is 26.3 Å². The molecule has 40 heavy (non-hydrogen) atoms. The summed E-state index contributed by atoms with van der Waals surface area (Å²) in [5, 5.41) is 3.76. The number of amides is 1. The van der Waals surface area contributed by atoms with E-state index in [1.54, 1.807) is 42.4 Å². The summed E-state index contributed by atoms with van der Waals surface area (Å²) in [6.07, 6.45) is -5.74. The van der Waals surface area contributed by atoms with Crippen molar-refractivity contribution in [2.75, 3.05) is 13.1 Å². The molecule has 1 amide bonds. The van der Waals surface area contributed by atoms with Gasteiger partial charge in [-0.25, -0.2) is 0 Å². The molecule has 2 aliphatic rings. The average molecular weight is 569 g/mol. The van der Waals surface area contributed by atoms with Crippen molar-refractivity contribution in [1.82, 2.24) is 19.4 Å². The fourth-order valence-corrected chi connectivity index (χ4v) is 5.67. The summed E-state index contributed by atoms with van der Waals surface area (Å²) in [5.74, 6) is -4.31. The van der Waals surface area contributed by atoms with E-state index in [1.807, 2.05) is 6.07 Å². The Morgan fingerprint density at radius 3 is 2.42 bits per heavy atom. The lowest BCUT2D eigenvalue weighted by atomic mass is 9.80. The van der Waals surface area contributed by atoms with Gasteiger partial charge < -0.3 is 19.4 Å². The molecular weight excluding hydrogens is 538 g/mol. The molecule has 1 N–H and O–H groups in total. The first-order chi connectivity index (χ1) is 18.8. The lowest BCUT2D eigenvalue weighted by molar-refractivity contribution is -0.287. The third-order valence-corrected chi connectivity index (χ3v) is 8.01. The highest BCUT2D eigenvalue weighted by atomic mass is 19.4. The molecule has 3 heterocycles. The van der Waals surface area contributed by atoms with Crippen molar-refractivity contribution >= 4 is 16.8 Å². The molecule has 5 rings (SSSR count). The van der Waals surface area contributed by atoms with Gasteiger partial charge in [0.25, 0.3) is 5.56 Å². The minimum absolute atomic E-state index is 0.0565. The Hall–Kier alpha value is -3.28. The second kappa shape index (κ2) is 10.6. The number of para-hydroxylation sites is 1. The van der Waals surface area contributed by atoms with Crippen LogP contribution in [0.2, 0.25) is 0 Å². The van der Waals surface area contributed by atoms with E-state index in [0.717, 1.165) is 23.0 Å². The second-order valence-electron chi connectivity index (χ2n) is 10.8. The Balaban J connectivity index is 1.46. The molecule has 6 nitrogen and oxygen atoms in total. The molecule has 1 aromatic carbocycles. The normalized spacial score (nSPS) is 20.3. The van der Waals surface area contributed by atoms with E-state index in [9.17, 15) is 35.9 Å². The van der Waals surface area contributed by atoms with Crippen LogP contribution >= 0.6 is 0 Å². The average Bonchev–Trinajstić information content (AvgIpc) is 3.68. The van der Waals surface area contributed by atoms with Gasteiger partial charge in [-0.1, -0.05) is 18.2 Å². The van der Waals surface area contributed by atoms with Gasteiger partial charge in [0.1, 0.15) is 0 Å². The molecular formula is C28H30F6N4O2. The summed E-state index contributed by atoms with van der Waals surface area (Å²) in [6.45, 7) is -0.148. The Kier molecular flexibility index (Phi) is 7.49. The van der Waals surface area contributed by atoms with E-state index in [2.05, 4.69) is 5.32 Å². The maximum Gasteiger partial charge on any atom is 0.402 e. The monoisotopic (exact) mass is 568 g/mol. The van der Waals surface area contributed by atoms with Gasteiger partial charge >= 0.3 is 12.4 Å². The summed E-state index contributed by atoms with van der Waals surface area (Å²) < 4.78 is 82.6. The SMILES string of the molecule is Cn1ccc(C2CCNC[C@@H]2C(=O)N(Cc2cn(CC(C(F)(F)F)C(F)(F)F)c3ccccc23)C2CC2)cc1=O. The number of pyridine rings is 1. The van der Waals surface area contributed by atoms with Gasteiger partial charge in [-0.2, -0.15) is 26.3 Å². The first-order valence-electron chi connectivity index (χ1n) is 13.2. The molecule has 1 saturated carbocycles. The number of hydrogen-bond acceptors (Lipinski definition) is 3. The van der Waals surface area contributed by atoms with Crippen molar-refractivity contribution < 1.29 is 31.1 Å². The number of aryl methyl sites for hydroxylation is 1. The predicted octanol–water partition coefficient (Wildman–Crippen LogP) is 4.97. The number of nitrogens with one attached hydrogen (secondary N) is 1. The quantitative estimate of drug-likeness (QED) is 0.410. The summed E-state index contributed by atoms with van der Waals surface area (Å²) in [6, 6.07) is 9.69. The summed E-state index contributed by atoms with van der Waals surface area (Å²) in [4.78, 5) is 28.0. The molecule has 2 fully saturated rings. The van der Waals surface area contributed by atoms with Crippen molar-refractivity contribution in [1.29, 1.82) is 0 Å². The summed E-state index contributed by atoms with van der Waals surface area (Å²) in [7, 11) is 1.65. The maximum absolute atomic E-state index is 14.0. The van der Waals surface area contributed by atoms with Crippen LogP contribution < -0.4 is 10.9 Å². The Morgan fingerprint density at radius 2 is 1.77 bits per heavy atom. The predicted molar refractivity (Wildman–Crippen MR) is 137 cm³/mol. The van der Waals surface area contributed by atoms with E-state index in [0.29, 0.717) is 30.5 Å². The Bertz CT molecular complexity index is 1430. The van der Waals surface area contributed by atoms with Crippen LogP contribution in [0.5, 0.6) is 0 Å². The van der Waals surface area contributed by atoms with Gasteiger partial charge in [0.15, 0.2) is 5.92 Å². The number of hydrogen-bond donors (Lipinski definition) is 1. The van der Waals surface area contributed by atoms with E-state index < -0.39 is 30.7 Å². The molecule has 2 atom stereocenters.